The minimum Gasteiger partial charge on any atom is -0.497 e. The van der Waals surface area contributed by atoms with Gasteiger partial charge in [0.05, 0.1) is 18.6 Å². The molecule has 0 spiro atoms. The lowest BCUT2D eigenvalue weighted by molar-refractivity contribution is -0.114. The molecule has 160 valence electrons. The van der Waals surface area contributed by atoms with Gasteiger partial charge in [-0.1, -0.05) is 23.9 Å². The van der Waals surface area contributed by atoms with E-state index in [0.717, 1.165) is 24.4 Å². The minimum absolute atomic E-state index is 0.132. The van der Waals surface area contributed by atoms with E-state index in [1.54, 1.807) is 13.2 Å². The number of amides is 2. The highest BCUT2D eigenvalue weighted by atomic mass is 32.2. The van der Waals surface area contributed by atoms with Crippen molar-refractivity contribution in [2.24, 2.45) is 0 Å². The van der Waals surface area contributed by atoms with E-state index in [4.69, 9.17) is 4.74 Å². The SMILES string of the molecule is COc1cccc(NC(=O)CSc2nnc(C3CC3)n2-c2cccc(NC(C)=O)c2)c1. The summed E-state index contributed by atoms with van der Waals surface area (Å²) in [6, 6.07) is 14.8. The Morgan fingerprint density at radius 1 is 1.10 bits per heavy atom. The lowest BCUT2D eigenvalue weighted by Crippen LogP contribution is -2.14. The van der Waals surface area contributed by atoms with Gasteiger partial charge in [-0.25, -0.2) is 0 Å². The number of rotatable bonds is 8. The third kappa shape index (κ3) is 5.24. The van der Waals surface area contributed by atoms with Crippen LogP contribution < -0.4 is 15.4 Å². The van der Waals surface area contributed by atoms with E-state index in [0.29, 0.717) is 28.2 Å². The van der Waals surface area contributed by atoms with E-state index in [9.17, 15) is 9.59 Å². The van der Waals surface area contributed by atoms with Crippen molar-refractivity contribution in [3.63, 3.8) is 0 Å². The summed E-state index contributed by atoms with van der Waals surface area (Å²) in [5, 5.41) is 15.0. The fraction of sp³-hybridized carbons (Fsp3) is 0.273. The first kappa shape index (κ1) is 20.9. The van der Waals surface area contributed by atoms with Crippen molar-refractivity contribution in [1.29, 1.82) is 0 Å². The zero-order valence-corrected chi connectivity index (χ0v) is 18.1. The van der Waals surface area contributed by atoms with Gasteiger partial charge in [-0.05, 0) is 43.2 Å². The number of carbonyl (C=O) groups is 2. The molecule has 0 bridgehead atoms. The Morgan fingerprint density at radius 3 is 2.55 bits per heavy atom. The molecule has 8 nitrogen and oxygen atoms in total. The summed E-state index contributed by atoms with van der Waals surface area (Å²) >= 11 is 1.32. The lowest BCUT2D eigenvalue weighted by Gasteiger charge is -2.12. The molecule has 3 aromatic rings. The number of nitrogens with zero attached hydrogens (tertiary/aromatic N) is 3. The molecular weight excluding hydrogens is 414 g/mol. The summed E-state index contributed by atoms with van der Waals surface area (Å²) in [5.41, 5.74) is 2.23. The predicted molar refractivity (Wildman–Crippen MR) is 120 cm³/mol. The van der Waals surface area contributed by atoms with Crippen molar-refractivity contribution in [1.82, 2.24) is 14.8 Å². The molecule has 1 saturated carbocycles. The third-order valence-electron chi connectivity index (χ3n) is 4.71. The molecule has 1 aliphatic rings. The Bertz CT molecular complexity index is 1110. The quantitative estimate of drug-likeness (QED) is 0.520. The highest BCUT2D eigenvalue weighted by Gasteiger charge is 2.31. The zero-order chi connectivity index (χ0) is 21.8. The summed E-state index contributed by atoms with van der Waals surface area (Å²) in [4.78, 5) is 23.9. The molecule has 2 amide bonds. The second-order valence-corrected chi connectivity index (χ2v) is 8.19. The van der Waals surface area contributed by atoms with Gasteiger partial charge in [-0.15, -0.1) is 10.2 Å². The standard InChI is InChI=1S/C22H23N5O3S/c1-14(28)23-16-5-3-7-18(11-16)27-21(15-9-10-15)25-26-22(27)31-13-20(29)24-17-6-4-8-19(12-17)30-2/h3-8,11-12,15H,9-10,13H2,1-2H3,(H,23,28)(H,24,29). The molecule has 1 fully saturated rings. The molecule has 1 aliphatic carbocycles. The number of nitrogens with one attached hydrogen (secondary N) is 2. The summed E-state index contributed by atoms with van der Waals surface area (Å²) in [6.07, 6.45) is 2.15. The van der Waals surface area contributed by atoms with Gasteiger partial charge in [0.2, 0.25) is 11.8 Å². The van der Waals surface area contributed by atoms with E-state index >= 15 is 0 Å². The summed E-state index contributed by atoms with van der Waals surface area (Å²) in [7, 11) is 1.59. The van der Waals surface area contributed by atoms with Crippen LogP contribution in [0.3, 0.4) is 0 Å². The predicted octanol–water partition coefficient (Wildman–Crippen LogP) is 3.84. The number of methoxy groups -OCH3 is 1. The molecule has 1 aromatic heterocycles. The maximum Gasteiger partial charge on any atom is 0.234 e. The number of hydrogen-bond donors (Lipinski definition) is 2. The highest BCUT2D eigenvalue weighted by molar-refractivity contribution is 7.99. The second-order valence-electron chi connectivity index (χ2n) is 7.25. The molecule has 9 heteroatoms. The molecule has 2 aromatic carbocycles. The Hall–Kier alpha value is -3.33. The zero-order valence-electron chi connectivity index (χ0n) is 17.3. The Labute approximate surface area is 184 Å². The maximum atomic E-state index is 12.5. The van der Waals surface area contributed by atoms with Crippen LogP contribution in [0.1, 0.15) is 31.5 Å². The molecule has 2 N–H and O–H groups in total. The third-order valence-corrected chi connectivity index (χ3v) is 5.64. The van der Waals surface area contributed by atoms with Crippen molar-refractivity contribution < 1.29 is 14.3 Å². The molecule has 1 heterocycles. The second kappa shape index (κ2) is 9.22. The fourth-order valence-corrected chi connectivity index (χ4v) is 3.94. The first-order chi connectivity index (χ1) is 15.0. The smallest absolute Gasteiger partial charge is 0.234 e. The van der Waals surface area contributed by atoms with E-state index in [-0.39, 0.29) is 17.6 Å². The Morgan fingerprint density at radius 2 is 1.84 bits per heavy atom. The monoisotopic (exact) mass is 437 g/mol. The summed E-state index contributed by atoms with van der Waals surface area (Å²) in [5.74, 6) is 1.84. The fourth-order valence-electron chi connectivity index (χ4n) is 3.18. The molecule has 4 rings (SSSR count). The number of aromatic nitrogens is 3. The maximum absolute atomic E-state index is 12.5. The van der Waals surface area contributed by atoms with Gasteiger partial charge >= 0.3 is 0 Å². The van der Waals surface area contributed by atoms with Gasteiger partial charge in [-0.2, -0.15) is 0 Å². The van der Waals surface area contributed by atoms with Gasteiger partial charge in [0.15, 0.2) is 5.16 Å². The Kier molecular flexibility index (Phi) is 6.22. The van der Waals surface area contributed by atoms with Gasteiger partial charge in [-0.3, -0.25) is 14.2 Å². The van der Waals surface area contributed by atoms with Crippen molar-refractivity contribution >= 4 is 35.0 Å². The minimum atomic E-state index is -0.146. The highest BCUT2D eigenvalue weighted by Crippen LogP contribution is 2.41. The van der Waals surface area contributed by atoms with Gasteiger partial charge in [0.1, 0.15) is 11.6 Å². The number of hydrogen-bond acceptors (Lipinski definition) is 6. The number of benzene rings is 2. The van der Waals surface area contributed by atoms with E-state index < -0.39 is 0 Å². The van der Waals surface area contributed by atoms with Crippen molar-refractivity contribution in [2.75, 3.05) is 23.5 Å². The molecular formula is C22H23N5O3S. The molecule has 0 radical (unpaired) electrons. The van der Waals surface area contributed by atoms with Crippen LogP contribution in [-0.4, -0.2) is 39.4 Å². The van der Waals surface area contributed by atoms with Crippen LogP contribution in [-0.2, 0) is 9.59 Å². The van der Waals surface area contributed by atoms with Crippen LogP contribution >= 0.6 is 11.8 Å². The number of ether oxygens (including phenoxy) is 1. The summed E-state index contributed by atoms with van der Waals surface area (Å²) in [6.45, 7) is 1.48. The van der Waals surface area contributed by atoms with E-state index in [1.165, 1.54) is 18.7 Å². The molecule has 0 aliphatic heterocycles. The van der Waals surface area contributed by atoms with Crippen molar-refractivity contribution in [3.8, 4) is 11.4 Å². The topological polar surface area (TPSA) is 98.1 Å². The number of carbonyl (C=O) groups excluding carboxylic acids is 2. The lowest BCUT2D eigenvalue weighted by atomic mass is 10.2. The van der Waals surface area contributed by atoms with Crippen LogP contribution in [0.25, 0.3) is 5.69 Å². The largest absolute Gasteiger partial charge is 0.497 e. The van der Waals surface area contributed by atoms with Crippen LogP contribution in [0.2, 0.25) is 0 Å². The number of thioether (sulfide) groups is 1. The molecule has 0 saturated heterocycles. The molecule has 0 atom stereocenters. The summed E-state index contributed by atoms with van der Waals surface area (Å²) < 4.78 is 7.17. The molecule has 0 unspecified atom stereocenters. The van der Waals surface area contributed by atoms with Crippen LogP contribution in [0, 0.1) is 0 Å². The van der Waals surface area contributed by atoms with Crippen molar-refractivity contribution in [2.45, 2.75) is 30.8 Å². The van der Waals surface area contributed by atoms with Crippen LogP contribution in [0.4, 0.5) is 11.4 Å². The van der Waals surface area contributed by atoms with E-state index in [1.807, 2.05) is 47.0 Å². The van der Waals surface area contributed by atoms with Crippen molar-refractivity contribution in [3.05, 3.63) is 54.4 Å². The van der Waals surface area contributed by atoms with Gasteiger partial charge in [0, 0.05) is 30.3 Å². The van der Waals surface area contributed by atoms with Crippen LogP contribution in [0.15, 0.2) is 53.7 Å². The average Bonchev–Trinajstić information content (AvgIpc) is 3.51. The first-order valence-electron chi connectivity index (χ1n) is 9.93. The number of anilines is 2. The average molecular weight is 438 g/mol. The van der Waals surface area contributed by atoms with E-state index in [2.05, 4.69) is 20.8 Å². The van der Waals surface area contributed by atoms with Gasteiger partial charge < -0.3 is 15.4 Å². The van der Waals surface area contributed by atoms with Gasteiger partial charge in [0.25, 0.3) is 0 Å². The first-order valence-corrected chi connectivity index (χ1v) is 10.9. The van der Waals surface area contributed by atoms with Crippen LogP contribution in [0.5, 0.6) is 5.75 Å². The Balaban J connectivity index is 1.51. The normalized spacial score (nSPS) is 13.0. The molecule has 31 heavy (non-hydrogen) atoms.